The number of rotatable bonds is 3. The first-order chi connectivity index (χ1) is 9.28. The Kier molecular flexibility index (Phi) is 3.31. The summed E-state index contributed by atoms with van der Waals surface area (Å²) in [5, 5.41) is 8.63. The number of para-hydroxylation sites is 1. The minimum Gasteiger partial charge on any atom is -0.316 e. The summed E-state index contributed by atoms with van der Waals surface area (Å²) in [7, 11) is 1.93. The quantitative estimate of drug-likeness (QED) is 0.808. The number of hydrogen-bond donors (Lipinski definition) is 1. The molecule has 0 spiro atoms. The molecule has 0 aliphatic rings. The van der Waals surface area contributed by atoms with Gasteiger partial charge in [0, 0.05) is 23.7 Å². The molecule has 0 amide bonds. The predicted octanol–water partition coefficient (Wildman–Crippen LogP) is 2.90. The van der Waals surface area contributed by atoms with Crippen molar-refractivity contribution in [1.82, 2.24) is 20.1 Å². The van der Waals surface area contributed by atoms with Crippen molar-refractivity contribution in [3.63, 3.8) is 0 Å². The predicted molar refractivity (Wildman–Crippen MR) is 79.3 cm³/mol. The molecular weight excluding hydrogens is 304 g/mol. The van der Waals surface area contributed by atoms with Crippen LogP contribution < -0.4 is 5.32 Å². The van der Waals surface area contributed by atoms with Gasteiger partial charge in [0.15, 0.2) is 5.82 Å². The maximum atomic E-state index is 4.72. The average Bonchev–Trinajstić information content (AvgIpc) is 2.85. The lowest BCUT2D eigenvalue weighted by atomic mass is 10.1. The highest BCUT2D eigenvalue weighted by Crippen LogP contribution is 2.20. The molecule has 0 radical (unpaired) electrons. The van der Waals surface area contributed by atoms with Crippen molar-refractivity contribution in [1.29, 1.82) is 0 Å². The number of fused-ring (bicyclic) bond motifs is 1. The van der Waals surface area contributed by atoms with Gasteiger partial charge in [-0.2, -0.15) is 5.10 Å². The zero-order chi connectivity index (χ0) is 13.2. The van der Waals surface area contributed by atoms with Gasteiger partial charge in [0.2, 0.25) is 0 Å². The summed E-state index contributed by atoms with van der Waals surface area (Å²) in [6.45, 7) is 0.755. The summed E-state index contributed by atoms with van der Waals surface area (Å²) >= 11 is 3.42. The topological polar surface area (TPSA) is 42.7 Å². The zero-order valence-corrected chi connectivity index (χ0v) is 12.1. The highest BCUT2D eigenvalue weighted by Gasteiger charge is 2.09. The first-order valence-corrected chi connectivity index (χ1v) is 6.81. The summed E-state index contributed by atoms with van der Waals surface area (Å²) in [5.41, 5.74) is 2.10. The van der Waals surface area contributed by atoms with Crippen LogP contribution in [0.25, 0.3) is 16.7 Å². The van der Waals surface area contributed by atoms with Crippen LogP contribution >= 0.6 is 15.9 Å². The highest BCUT2D eigenvalue weighted by molar-refractivity contribution is 9.10. The maximum Gasteiger partial charge on any atom is 0.158 e. The number of nitrogens with one attached hydrogen (secondary N) is 1. The fourth-order valence-corrected chi connectivity index (χ4v) is 2.37. The lowest BCUT2D eigenvalue weighted by molar-refractivity contribution is 0.775. The summed E-state index contributed by atoms with van der Waals surface area (Å²) in [4.78, 5) is 4.72. The summed E-state index contributed by atoms with van der Waals surface area (Å²) in [5.74, 6) is 0.860. The van der Waals surface area contributed by atoms with Gasteiger partial charge in [-0.05, 0) is 35.1 Å². The third-order valence-electron chi connectivity index (χ3n) is 2.92. The molecule has 3 aromatic rings. The smallest absolute Gasteiger partial charge is 0.158 e. The summed E-state index contributed by atoms with van der Waals surface area (Å²) in [6.07, 6.45) is 3.68. The molecule has 0 aliphatic heterocycles. The Hall–Kier alpha value is -1.72. The molecule has 3 rings (SSSR count). The molecule has 0 bridgehead atoms. The van der Waals surface area contributed by atoms with Gasteiger partial charge in [-0.15, -0.1) is 0 Å². The van der Waals surface area contributed by atoms with Crippen LogP contribution in [-0.2, 0) is 6.54 Å². The van der Waals surface area contributed by atoms with E-state index in [9.17, 15) is 0 Å². The lowest BCUT2D eigenvalue weighted by Crippen LogP contribution is -2.11. The van der Waals surface area contributed by atoms with Gasteiger partial charge < -0.3 is 5.32 Å². The Morgan fingerprint density at radius 2 is 2.16 bits per heavy atom. The van der Waals surface area contributed by atoms with Gasteiger partial charge in [0.05, 0.1) is 16.2 Å². The van der Waals surface area contributed by atoms with Crippen LogP contribution in [0, 0.1) is 0 Å². The molecule has 0 atom stereocenters. The van der Waals surface area contributed by atoms with Crippen molar-refractivity contribution in [3.05, 3.63) is 52.8 Å². The van der Waals surface area contributed by atoms with Gasteiger partial charge in [-0.1, -0.05) is 18.2 Å². The Bertz CT molecular complexity index is 720. The SMILES string of the molecule is CNCc1cc2ccccc2nc1-n1cc(Br)cn1. The zero-order valence-electron chi connectivity index (χ0n) is 10.5. The van der Waals surface area contributed by atoms with E-state index >= 15 is 0 Å². The van der Waals surface area contributed by atoms with Crippen LogP contribution in [0.3, 0.4) is 0 Å². The average molecular weight is 317 g/mol. The highest BCUT2D eigenvalue weighted by atomic mass is 79.9. The Labute approximate surface area is 119 Å². The van der Waals surface area contributed by atoms with Crippen molar-refractivity contribution in [2.45, 2.75) is 6.54 Å². The van der Waals surface area contributed by atoms with Crippen LogP contribution in [0.2, 0.25) is 0 Å². The standard InChI is InChI=1S/C14H13BrN4/c1-16-7-11-6-10-4-2-3-5-13(10)18-14(11)19-9-12(15)8-17-19/h2-6,8-9,16H,7H2,1H3. The van der Waals surface area contributed by atoms with E-state index in [-0.39, 0.29) is 0 Å². The summed E-state index contributed by atoms with van der Waals surface area (Å²) < 4.78 is 2.74. The molecule has 1 N–H and O–H groups in total. The van der Waals surface area contributed by atoms with Crippen molar-refractivity contribution in [2.75, 3.05) is 7.05 Å². The van der Waals surface area contributed by atoms with E-state index in [0.29, 0.717) is 0 Å². The monoisotopic (exact) mass is 316 g/mol. The number of pyridine rings is 1. The molecular formula is C14H13BrN4. The molecule has 5 heteroatoms. The van der Waals surface area contributed by atoms with E-state index in [1.165, 1.54) is 0 Å². The van der Waals surface area contributed by atoms with Crippen molar-refractivity contribution in [2.24, 2.45) is 0 Å². The van der Waals surface area contributed by atoms with E-state index in [2.05, 4.69) is 38.5 Å². The third kappa shape index (κ3) is 2.39. The number of benzene rings is 1. The fourth-order valence-electron chi connectivity index (χ4n) is 2.09. The van der Waals surface area contributed by atoms with Crippen LogP contribution in [0.15, 0.2) is 47.2 Å². The number of hydrogen-bond acceptors (Lipinski definition) is 3. The summed E-state index contributed by atoms with van der Waals surface area (Å²) in [6, 6.07) is 10.3. The molecule has 0 saturated heterocycles. The number of nitrogens with zero attached hydrogens (tertiary/aromatic N) is 3. The molecule has 0 unspecified atom stereocenters. The molecule has 2 aromatic heterocycles. The molecule has 0 aliphatic carbocycles. The van der Waals surface area contributed by atoms with E-state index in [4.69, 9.17) is 4.98 Å². The Balaban J connectivity index is 2.22. The minimum absolute atomic E-state index is 0.755. The molecule has 19 heavy (non-hydrogen) atoms. The first kappa shape index (κ1) is 12.3. The number of halogens is 1. The normalized spacial score (nSPS) is 11.1. The second-order valence-corrected chi connectivity index (χ2v) is 5.21. The number of aromatic nitrogens is 3. The molecule has 96 valence electrons. The van der Waals surface area contributed by atoms with Gasteiger partial charge in [-0.3, -0.25) is 0 Å². The molecule has 0 fully saturated rings. The van der Waals surface area contributed by atoms with Gasteiger partial charge in [0.1, 0.15) is 0 Å². The second kappa shape index (κ2) is 5.11. The van der Waals surface area contributed by atoms with Gasteiger partial charge in [0.25, 0.3) is 0 Å². The van der Waals surface area contributed by atoms with E-state index < -0.39 is 0 Å². The van der Waals surface area contributed by atoms with E-state index in [1.807, 2.05) is 31.4 Å². The first-order valence-electron chi connectivity index (χ1n) is 6.02. The lowest BCUT2D eigenvalue weighted by Gasteiger charge is -2.10. The molecule has 4 nitrogen and oxygen atoms in total. The van der Waals surface area contributed by atoms with Crippen molar-refractivity contribution in [3.8, 4) is 5.82 Å². The minimum atomic E-state index is 0.755. The van der Waals surface area contributed by atoms with Gasteiger partial charge >= 0.3 is 0 Å². The van der Waals surface area contributed by atoms with Crippen LogP contribution in [-0.4, -0.2) is 21.8 Å². The maximum absolute atomic E-state index is 4.72. The van der Waals surface area contributed by atoms with E-state index in [1.54, 1.807) is 10.9 Å². The van der Waals surface area contributed by atoms with Crippen LogP contribution in [0.4, 0.5) is 0 Å². The third-order valence-corrected chi connectivity index (χ3v) is 3.32. The molecule has 0 saturated carbocycles. The van der Waals surface area contributed by atoms with Crippen LogP contribution in [0.5, 0.6) is 0 Å². The Morgan fingerprint density at radius 1 is 1.32 bits per heavy atom. The van der Waals surface area contributed by atoms with Crippen molar-refractivity contribution < 1.29 is 0 Å². The van der Waals surface area contributed by atoms with Crippen molar-refractivity contribution >= 4 is 26.8 Å². The van der Waals surface area contributed by atoms with Gasteiger partial charge in [-0.25, -0.2) is 9.67 Å². The fraction of sp³-hybridized carbons (Fsp3) is 0.143. The molecule has 1 aromatic carbocycles. The second-order valence-electron chi connectivity index (χ2n) is 4.30. The van der Waals surface area contributed by atoms with Crippen LogP contribution in [0.1, 0.15) is 5.56 Å². The van der Waals surface area contributed by atoms with E-state index in [0.717, 1.165) is 33.3 Å². The Morgan fingerprint density at radius 3 is 2.89 bits per heavy atom. The largest absolute Gasteiger partial charge is 0.316 e. The molecule has 2 heterocycles.